The zero-order valence-electron chi connectivity index (χ0n) is 17.5. The van der Waals surface area contributed by atoms with Crippen LogP contribution in [0.5, 0.6) is 17.2 Å². The van der Waals surface area contributed by atoms with Gasteiger partial charge in [0.25, 0.3) is 0 Å². The Morgan fingerprint density at radius 2 is 1.70 bits per heavy atom. The molecule has 0 heterocycles. The van der Waals surface area contributed by atoms with Gasteiger partial charge in [-0.2, -0.15) is 0 Å². The van der Waals surface area contributed by atoms with Gasteiger partial charge in [-0.25, -0.2) is 0 Å². The number of allylic oxidation sites excluding steroid dienone is 3. The SMILES string of the molecule is C=C(C)C(O)Cc1cc(C(=O)/C=C/c2ccc(O)c(CC=C(C)C)c2)c(O)cc1O. The highest BCUT2D eigenvalue weighted by Crippen LogP contribution is 2.30. The maximum Gasteiger partial charge on any atom is 0.189 e. The summed E-state index contributed by atoms with van der Waals surface area (Å²) in [6.07, 6.45) is 4.72. The van der Waals surface area contributed by atoms with Crippen LogP contribution in [-0.4, -0.2) is 32.3 Å². The molecule has 2 aromatic rings. The third-order valence-corrected chi connectivity index (χ3v) is 4.71. The fourth-order valence-electron chi connectivity index (χ4n) is 2.81. The van der Waals surface area contributed by atoms with Gasteiger partial charge >= 0.3 is 0 Å². The number of carbonyl (C=O) groups is 1. The molecular weight excluding hydrogens is 380 g/mol. The number of rotatable bonds is 8. The summed E-state index contributed by atoms with van der Waals surface area (Å²) in [7, 11) is 0. The molecule has 30 heavy (non-hydrogen) atoms. The van der Waals surface area contributed by atoms with Crippen LogP contribution in [-0.2, 0) is 12.8 Å². The lowest BCUT2D eigenvalue weighted by atomic mass is 9.98. The van der Waals surface area contributed by atoms with Crippen molar-refractivity contribution < 1.29 is 25.2 Å². The minimum atomic E-state index is -0.866. The van der Waals surface area contributed by atoms with E-state index in [0.29, 0.717) is 17.6 Å². The summed E-state index contributed by atoms with van der Waals surface area (Å²) in [6.45, 7) is 9.30. The Labute approximate surface area is 177 Å². The first-order valence-corrected chi connectivity index (χ1v) is 9.64. The van der Waals surface area contributed by atoms with Crippen LogP contribution in [0.4, 0.5) is 0 Å². The van der Waals surface area contributed by atoms with Crippen molar-refractivity contribution in [3.63, 3.8) is 0 Å². The van der Waals surface area contributed by atoms with E-state index in [-0.39, 0.29) is 29.2 Å². The summed E-state index contributed by atoms with van der Waals surface area (Å²) >= 11 is 0. The van der Waals surface area contributed by atoms with Crippen LogP contribution in [0.2, 0.25) is 0 Å². The number of aliphatic hydroxyl groups is 1. The Morgan fingerprint density at radius 1 is 1.00 bits per heavy atom. The molecule has 4 N–H and O–H groups in total. The van der Waals surface area contributed by atoms with Crippen LogP contribution in [0.15, 0.2) is 60.2 Å². The average molecular weight is 408 g/mol. The summed E-state index contributed by atoms with van der Waals surface area (Å²) < 4.78 is 0. The Kier molecular flexibility index (Phi) is 7.61. The largest absolute Gasteiger partial charge is 0.508 e. The highest BCUT2D eigenvalue weighted by atomic mass is 16.3. The van der Waals surface area contributed by atoms with E-state index in [2.05, 4.69) is 6.58 Å². The number of phenolic OH excluding ortho intramolecular Hbond substituents is 3. The lowest BCUT2D eigenvalue weighted by molar-refractivity contribution is 0.104. The monoisotopic (exact) mass is 408 g/mol. The van der Waals surface area contributed by atoms with E-state index in [1.807, 2.05) is 19.9 Å². The molecule has 0 aliphatic rings. The zero-order chi connectivity index (χ0) is 22.4. The molecule has 1 atom stereocenters. The second-order valence-electron chi connectivity index (χ2n) is 7.64. The summed E-state index contributed by atoms with van der Waals surface area (Å²) in [4.78, 5) is 12.6. The molecule has 0 saturated carbocycles. The molecule has 0 bridgehead atoms. The van der Waals surface area contributed by atoms with Crippen molar-refractivity contribution in [1.82, 2.24) is 0 Å². The van der Waals surface area contributed by atoms with Gasteiger partial charge < -0.3 is 20.4 Å². The van der Waals surface area contributed by atoms with Crippen molar-refractivity contribution in [2.45, 2.75) is 39.7 Å². The van der Waals surface area contributed by atoms with Gasteiger partial charge in [-0.3, -0.25) is 4.79 Å². The van der Waals surface area contributed by atoms with E-state index in [1.54, 1.807) is 31.2 Å². The van der Waals surface area contributed by atoms with Crippen LogP contribution in [0, 0.1) is 0 Å². The highest BCUT2D eigenvalue weighted by Gasteiger charge is 2.16. The van der Waals surface area contributed by atoms with E-state index in [1.165, 1.54) is 12.1 Å². The summed E-state index contributed by atoms with van der Waals surface area (Å²) in [5.41, 5.74) is 3.52. The minimum Gasteiger partial charge on any atom is -0.508 e. The molecule has 2 aromatic carbocycles. The quantitative estimate of drug-likeness (QED) is 0.289. The maximum absolute atomic E-state index is 12.6. The molecule has 0 aromatic heterocycles. The normalized spacial score (nSPS) is 12.0. The van der Waals surface area contributed by atoms with Crippen LogP contribution in [0.25, 0.3) is 6.08 Å². The Balaban J connectivity index is 2.27. The van der Waals surface area contributed by atoms with E-state index < -0.39 is 11.9 Å². The zero-order valence-corrected chi connectivity index (χ0v) is 17.5. The van der Waals surface area contributed by atoms with Crippen LogP contribution >= 0.6 is 0 Å². The van der Waals surface area contributed by atoms with Gasteiger partial charge in [-0.05, 0) is 68.2 Å². The molecule has 5 nitrogen and oxygen atoms in total. The average Bonchev–Trinajstić information content (AvgIpc) is 2.67. The molecule has 0 aliphatic heterocycles. The number of aliphatic hydroxyl groups excluding tert-OH is 1. The molecule has 0 amide bonds. The van der Waals surface area contributed by atoms with Crippen LogP contribution < -0.4 is 0 Å². The fraction of sp³-hybridized carbons (Fsp3) is 0.240. The molecule has 0 aliphatic carbocycles. The third kappa shape index (κ3) is 6.09. The van der Waals surface area contributed by atoms with Gasteiger partial charge in [0.05, 0.1) is 11.7 Å². The van der Waals surface area contributed by atoms with E-state index in [9.17, 15) is 25.2 Å². The second-order valence-corrected chi connectivity index (χ2v) is 7.64. The van der Waals surface area contributed by atoms with Crippen LogP contribution in [0.1, 0.15) is 47.8 Å². The fourth-order valence-corrected chi connectivity index (χ4v) is 2.81. The van der Waals surface area contributed by atoms with Crippen molar-refractivity contribution >= 4 is 11.9 Å². The number of aromatic hydroxyl groups is 3. The first-order chi connectivity index (χ1) is 14.1. The van der Waals surface area contributed by atoms with Crippen molar-refractivity contribution in [2.24, 2.45) is 0 Å². The molecule has 0 radical (unpaired) electrons. The Bertz CT molecular complexity index is 1010. The molecule has 2 rings (SSSR count). The standard InChI is InChI=1S/C25H28O5/c1-15(2)5-8-18-11-17(6-9-21(18)26)7-10-22(27)20-12-19(13-23(28)16(3)4)24(29)14-25(20)30/h5-7,9-12,14,23,26,28-30H,3,8,13H2,1-2,4H3/b10-7+. The predicted molar refractivity (Wildman–Crippen MR) is 119 cm³/mol. The highest BCUT2D eigenvalue weighted by molar-refractivity contribution is 6.08. The van der Waals surface area contributed by atoms with E-state index in [0.717, 1.165) is 22.8 Å². The number of benzene rings is 2. The number of phenols is 3. The molecule has 1 unspecified atom stereocenters. The smallest absolute Gasteiger partial charge is 0.189 e. The van der Waals surface area contributed by atoms with Crippen molar-refractivity contribution in [2.75, 3.05) is 0 Å². The maximum atomic E-state index is 12.6. The van der Waals surface area contributed by atoms with Gasteiger partial charge in [0, 0.05) is 12.5 Å². The topological polar surface area (TPSA) is 98.0 Å². The first-order valence-electron chi connectivity index (χ1n) is 9.64. The molecule has 0 spiro atoms. The summed E-state index contributed by atoms with van der Waals surface area (Å²) in [6, 6.07) is 7.54. The summed E-state index contributed by atoms with van der Waals surface area (Å²) in [5, 5.41) is 40.1. The number of carbonyl (C=O) groups excluding carboxylic acids is 1. The lowest BCUT2D eigenvalue weighted by Crippen LogP contribution is -2.11. The predicted octanol–water partition coefficient (Wildman–Crippen LogP) is 4.69. The summed E-state index contributed by atoms with van der Waals surface area (Å²) in [5.74, 6) is -0.799. The molecule has 0 fully saturated rings. The molecule has 5 heteroatoms. The second kappa shape index (κ2) is 9.94. The number of hydrogen-bond acceptors (Lipinski definition) is 5. The van der Waals surface area contributed by atoms with Gasteiger partial charge in [0.15, 0.2) is 5.78 Å². The van der Waals surface area contributed by atoms with Crippen LogP contribution in [0.3, 0.4) is 0 Å². The van der Waals surface area contributed by atoms with Crippen molar-refractivity contribution in [3.8, 4) is 17.2 Å². The van der Waals surface area contributed by atoms with Gasteiger partial charge in [0.1, 0.15) is 17.2 Å². The number of hydrogen-bond donors (Lipinski definition) is 4. The molecule has 0 saturated heterocycles. The molecule has 158 valence electrons. The van der Waals surface area contributed by atoms with E-state index >= 15 is 0 Å². The van der Waals surface area contributed by atoms with Crippen molar-refractivity contribution in [3.05, 3.63) is 82.5 Å². The minimum absolute atomic E-state index is 0.0245. The Morgan fingerprint density at radius 3 is 2.33 bits per heavy atom. The number of ketones is 1. The molecular formula is C25H28O5. The van der Waals surface area contributed by atoms with Crippen molar-refractivity contribution in [1.29, 1.82) is 0 Å². The van der Waals surface area contributed by atoms with E-state index in [4.69, 9.17) is 0 Å². The van der Waals surface area contributed by atoms with Gasteiger partial charge in [-0.15, -0.1) is 0 Å². The lowest BCUT2D eigenvalue weighted by Gasteiger charge is -2.13. The van der Waals surface area contributed by atoms with Gasteiger partial charge in [-0.1, -0.05) is 35.9 Å². The first kappa shape index (κ1) is 23.0. The van der Waals surface area contributed by atoms with Gasteiger partial charge in [0.2, 0.25) is 0 Å². The third-order valence-electron chi connectivity index (χ3n) is 4.71. The Hall–Kier alpha value is -3.31.